The zero-order valence-electron chi connectivity index (χ0n) is 12.4. The van der Waals surface area contributed by atoms with Crippen LogP contribution in [-0.2, 0) is 11.3 Å². The highest BCUT2D eigenvalue weighted by Crippen LogP contribution is 2.11. The van der Waals surface area contributed by atoms with E-state index in [9.17, 15) is 9.90 Å². The monoisotopic (exact) mass is 329 g/mol. The van der Waals surface area contributed by atoms with Gasteiger partial charge in [0.15, 0.2) is 5.84 Å². The van der Waals surface area contributed by atoms with Crippen LogP contribution in [-0.4, -0.2) is 40.4 Å². The fourth-order valence-corrected chi connectivity index (χ4v) is 1.69. The number of nitrogens with zero attached hydrogens (tertiary/aromatic N) is 1. The molecule has 5 N–H and O–H groups in total. The van der Waals surface area contributed by atoms with Gasteiger partial charge in [0.25, 0.3) is 0 Å². The second-order valence-electron chi connectivity index (χ2n) is 5.43. The van der Waals surface area contributed by atoms with Crippen LogP contribution in [0.15, 0.2) is 29.4 Å². The Bertz CT molecular complexity index is 526. The lowest BCUT2D eigenvalue weighted by Gasteiger charge is -2.18. The molecule has 0 spiro atoms. The smallest absolute Gasteiger partial charge is 0.405 e. The van der Waals surface area contributed by atoms with Gasteiger partial charge in [0.1, 0.15) is 6.61 Å². The predicted octanol–water partition coefficient (Wildman–Crippen LogP) is 1.58. The number of benzene rings is 1. The van der Waals surface area contributed by atoms with Crippen LogP contribution in [0, 0.1) is 0 Å². The lowest BCUT2D eigenvalue weighted by Crippen LogP contribution is -2.45. The SMILES string of the molecule is CC(C)(O)CO/N=C(\N)[C@H](Cc1ccc(Cl)cc1)NC(=O)O. The molecule has 0 saturated carbocycles. The molecule has 0 aliphatic carbocycles. The number of carbonyl (C=O) groups is 1. The van der Waals surface area contributed by atoms with E-state index in [1.807, 2.05) is 0 Å². The third-order valence-corrected chi connectivity index (χ3v) is 2.85. The van der Waals surface area contributed by atoms with E-state index in [1.165, 1.54) is 0 Å². The first-order chi connectivity index (χ1) is 10.2. The molecule has 1 aromatic rings. The van der Waals surface area contributed by atoms with E-state index in [0.29, 0.717) is 11.4 Å². The summed E-state index contributed by atoms with van der Waals surface area (Å²) in [5.74, 6) is -0.0263. The zero-order chi connectivity index (χ0) is 16.8. The molecule has 1 aromatic carbocycles. The number of halogens is 1. The van der Waals surface area contributed by atoms with Gasteiger partial charge in [-0.25, -0.2) is 4.79 Å². The van der Waals surface area contributed by atoms with Gasteiger partial charge in [-0.2, -0.15) is 0 Å². The number of amidine groups is 1. The molecule has 0 radical (unpaired) electrons. The number of rotatable bonds is 7. The molecule has 1 rings (SSSR count). The molecule has 8 heteroatoms. The molecular formula is C14H20ClN3O4. The molecule has 0 aliphatic heterocycles. The summed E-state index contributed by atoms with van der Waals surface area (Å²) >= 11 is 5.80. The number of oxime groups is 1. The molecule has 122 valence electrons. The standard InChI is InChI=1S/C14H20ClN3O4/c1-14(2,21)8-22-18-12(16)11(17-13(19)20)7-9-3-5-10(15)6-4-9/h3-6,11,17,21H,7-8H2,1-2H3,(H2,16,18)(H,19,20)/t11-/m0/s1. The number of hydrogen-bond donors (Lipinski definition) is 4. The van der Waals surface area contributed by atoms with Gasteiger partial charge in [0.2, 0.25) is 0 Å². The van der Waals surface area contributed by atoms with E-state index in [1.54, 1.807) is 38.1 Å². The van der Waals surface area contributed by atoms with Crippen LogP contribution in [0.1, 0.15) is 19.4 Å². The molecule has 1 atom stereocenters. The Labute approximate surface area is 133 Å². The van der Waals surface area contributed by atoms with Crippen molar-refractivity contribution in [2.75, 3.05) is 6.61 Å². The molecule has 0 unspecified atom stereocenters. The van der Waals surface area contributed by atoms with Crippen molar-refractivity contribution in [3.8, 4) is 0 Å². The van der Waals surface area contributed by atoms with Crippen molar-refractivity contribution >= 4 is 23.5 Å². The maximum Gasteiger partial charge on any atom is 0.405 e. The Hall–Kier alpha value is -1.99. The first-order valence-corrected chi connectivity index (χ1v) is 6.97. The molecule has 0 heterocycles. The fourth-order valence-electron chi connectivity index (χ4n) is 1.56. The number of nitrogens with one attached hydrogen (secondary N) is 1. The Balaban J connectivity index is 2.76. The van der Waals surface area contributed by atoms with Gasteiger partial charge in [0, 0.05) is 11.4 Å². The minimum absolute atomic E-state index is 0.0263. The fraction of sp³-hybridized carbons (Fsp3) is 0.429. The van der Waals surface area contributed by atoms with Crippen molar-refractivity contribution in [2.24, 2.45) is 10.9 Å². The normalized spacial score (nSPS) is 13.5. The summed E-state index contributed by atoms with van der Waals surface area (Å²) in [6.45, 7) is 3.05. The topological polar surface area (TPSA) is 117 Å². The minimum atomic E-state index is -1.22. The van der Waals surface area contributed by atoms with E-state index in [0.717, 1.165) is 5.56 Å². The average molecular weight is 330 g/mol. The molecule has 1 amide bonds. The summed E-state index contributed by atoms with van der Waals surface area (Å²) in [4.78, 5) is 15.8. The van der Waals surface area contributed by atoms with E-state index < -0.39 is 17.7 Å². The first-order valence-electron chi connectivity index (χ1n) is 6.59. The molecule has 22 heavy (non-hydrogen) atoms. The van der Waals surface area contributed by atoms with E-state index in [4.69, 9.17) is 27.3 Å². The third kappa shape index (κ3) is 7.14. The van der Waals surface area contributed by atoms with Crippen LogP contribution < -0.4 is 11.1 Å². The summed E-state index contributed by atoms with van der Waals surface area (Å²) in [6, 6.07) is 6.19. The van der Waals surface area contributed by atoms with Crippen LogP contribution in [0.3, 0.4) is 0 Å². The van der Waals surface area contributed by atoms with E-state index >= 15 is 0 Å². The number of nitrogens with two attached hydrogens (primary N) is 1. The van der Waals surface area contributed by atoms with Crippen molar-refractivity contribution in [2.45, 2.75) is 31.9 Å². The van der Waals surface area contributed by atoms with Gasteiger partial charge in [-0.05, 0) is 31.5 Å². The summed E-state index contributed by atoms with van der Waals surface area (Å²) in [7, 11) is 0. The van der Waals surface area contributed by atoms with E-state index in [-0.39, 0.29) is 12.4 Å². The Kier molecular flexibility index (Phi) is 6.45. The molecule has 7 nitrogen and oxygen atoms in total. The van der Waals surface area contributed by atoms with Gasteiger partial charge < -0.3 is 26.1 Å². The molecule has 0 fully saturated rings. The van der Waals surface area contributed by atoms with Gasteiger partial charge in [-0.1, -0.05) is 28.9 Å². The van der Waals surface area contributed by atoms with Crippen molar-refractivity contribution < 1.29 is 19.8 Å². The van der Waals surface area contributed by atoms with Gasteiger partial charge >= 0.3 is 6.09 Å². The van der Waals surface area contributed by atoms with Gasteiger partial charge in [-0.15, -0.1) is 0 Å². The summed E-state index contributed by atoms with van der Waals surface area (Å²) in [5.41, 5.74) is 5.54. The second kappa shape index (κ2) is 7.86. The quantitative estimate of drug-likeness (QED) is 0.344. The maximum atomic E-state index is 10.9. The van der Waals surface area contributed by atoms with Crippen LogP contribution in [0.4, 0.5) is 4.79 Å². The Morgan fingerprint density at radius 3 is 2.55 bits per heavy atom. The van der Waals surface area contributed by atoms with Crippen LogP contribution in [0.5, 0.6) is 0 Å². The number of aliphatic hydroxyl groups is 1. The maximum absolute atomic E-state index is 10.9. The summed E-state index contributed by atoms with van der Waals surface area (Å²) in [6.07, 6.45) is -0.926. The number of carboxylic acid groups (broad SMARTS) is 1. The third-order valence-electron chi connectivity index (χ3n) is 2.60. The highest BCUT2D eigenvalue weighted by molar-refractivity contribution is 6.30. The Morgan fingerprint density at radius 2 is 2.05 bits per heavy atom. The molecule has 0 aliphatic rings. The van der Waals surface area contributed by atoms with Crippen LogP contribution in [0.25, 0.3) is 0 Å². The highest BCUT2D eigenvalue weighted by Gasteiger charge is 2.18. The minimum Gasteiger partial charge on any atom is -0.465 e. The molecule has 0 saturated heterocycles. The van der Waals surface area contributed by atoms with Crippen molar-refractivity contribution in [1.82, 2.24) is 5.32 Å². The van der Waals surface area contributed by atoms with Gasteiger partial charge in [-0.3, -0.25) is 0 Å². The van der Waals surface area contributed by atoms with Crippen molar-refractivity contribution in [1.29, 1.82) is 0 Å². The second-order valence-corrected chi connectivity index (χ2v) is 5.87. The number of amides is 1. The first kappa shape index (κ1) is 18.1. The van der Waals surface area contributed by atoms with Crippen LogP contribution >= 0.6 is 11.6 Å². The number of hydrogen-bond acceptors (Lipinski definition) is 4. The van der Waals surface area contributed by atoms with Crippen LogP contribution in [0.2, 0.25) is 5.02 Å². The average Bonchev–Trinajstić information content (AvgIpc) is 2.38. The van der Waals surface area contributed by atoms with Crippen molar-refractivity contribution in [3.63, 3.8) is 0 Å². The lowest BCUT2D eigenvalue weighted by molar-refractivity contribution is -0.0194. The Morgan fingerprint density at radius 1 is 1.45 bits per heavy atom. The molecular weight excluding hydrogens is 310 g/mol. The zero-order valence-corrected chi connectivity index (χ0v) is 13.2. The summed E-state index contributed by atoms with van der Waals surface area (Å²) in [5, 5.41) is 24.9. The summed E-state index contributed by atoms with van der Waals surface area (Å²) < 4.78 is 0. The largest absolute Gasteiger partial charge is 0.465 e. The molecule has 0 bridgehead atoms. The van der Waals surface area contributed by atoms with E-state index in [2.05, 4.69) is 10.5 Å². The molecule has 0 aromatic heterocycles. The van der Waals surface area contributed by atoms with Crippen molar-refractivity contribution in [3.05, 3.63) is 34.9 Å². The van der Waals surface area contributed by atoms with Gasteiger partial charge in [0.05, 0.1) is 11.6 Å². The lowest BCUT2D eigenvalue weighted by atomic mass is 10.1. The predicted molar refractivity (Wildman–Crippen MR) is 84.0 cm³/mol. The highest BCUT2D eigenvalue weighted by atomic mass is 35.5.